The molecule has 0 unspecified atom stereocenters. The van der Waals surface area contributed by atoms with Gasteiger partial charge >= 0.3 is 0 Å². The molecular formula is C12H10ClFN2. The number of nitrogens with two attached hydrogens (primary N) is 1. The van der Waals surface area contributed by atoms with Crippen LogP contribution in [0.15, 0.2) is 42.5 Å². The van der Waals surface area contributed by atoms with Gasteiger partial charge in [0.1, 0.15) is 5.82 Å². The Morgan fingerprint density at radius 2 is 1.88 bits per heavy atom. The first kappa shape index (κ1) is 10.8. The molecule has 0 aliphatic rings. The molecule has 4 heteroatoms. The number of nitrogen functional groups attached to an aromatic ring is 1. The van der Waals surface area contributed by atoms with Crippen molar-refractivity contribution in [1.82, 2.24) is 0 Å². The average Bonchev–Trinajstić information content (AvgIpc) is 2.15. The lowest BCUT2D eigenvalue weighted by Gasteiger charge is -2.07. The summed E-state index contributed by atoms with van der Waals surface area (Å²) in [5.41, 5.74) is 7.30. The van der Waals surface area contributed by atoms with E-state index < -0.39 is 0 Å². The molecule has 0 saturated carbocycles. The second kappa shape index (κ2) is 4.41. The number of halogens is 2. The van der Waals surface area contributed by atoms with Crippen LogP contribution in [0.1, 0.15) is 0 Å². The number of hydrogen-bond acceptors (Lipinski definition) is 2. The minimum atomic E-state index is -0.371. The summed E-state index contributed by atoms with van der Waals surface area (Å²) in [6.07, 6.45) is 0. The second-order valence-corrected chi connectivity index (χ2v) is 3.85. The highest BCUT2D eigenvalue weighted by Gasteiger charge is 1.99. The molecule has 0 aliphatic carbocycles. The molecule has 0 aromatic heterocycles. The van der Waals surface area contributed by atoms with Gasteiger partial charge < -0.3 is 11.1 Å². The van der Waals surface area contributed by atoms with E-state index in [-0.39, 0.29) is 5.82 Å². The Morgan fingerprint density at radius 3 is 2.56 bits per heavy atom. The van der Waals surface area contributed by atoms with Gasteiger partial charge in [0.15, 0.2) is 0 Å². The largest absolute Gasteiger partial charge is 0.399 e. The van der Waals surface area contributed by atoms with Gasteiger partial charge in [-0.15, -0.1) is 0 Å². The fourth-order valence-electron chi connectivity index (χ4n) is 1.42. The monoisotopic (exact) mass is 236 g/mol. The molecule has 0 radical (unpaired) electrons. The van der Waals surface area contributed by atoms with E-state index in [4.69, 9.17) is 17.3 Å². The summed E-state index contributed by atoms with van der Waals surface area (Å²) >= 11 is 5.83. The van der Waals surface area contributed by atoms with Gasteiger partial charge in [0.25, 0.3) is 0 Å². The van der Waals surface area contributed by atoms with Crippen LogP contribution >= 0.6 is 11.6 Å². The average molecular weight is 237 g/mol. The molecule has 0 spiro atoms. The third-order valence-corrected chi connectivity index (χ3v) is 2.27. The normalized spacial score (nSPS) is 10.1. The lowest BCUT2D eigenvalue weighted by atomic mass is 10.2. The lowest BCUT2D eigenvalue weighted by Crippen LogP contribution is -1.93. The van der Waals surface area contributed by atoms with E-state index in [1.54, 1.807) is 18.2 Å². The van der Waals surface area contributed by atoms with Crippen LogP contribution in [0.5, 0.6) is 0 Å². The van der Waals surface area contributed by atoms with Crippen LogP contribution in [0.3, 0.4) is 0 Å². The summed E-state index contributed by atoms with van der Waals surface area (Å²) in [5, 5.41) is 3.64. The first-order chi connectivity index (χ1) is 7.63. The highest BCUT2D eigenvalue weighted by Crippen LogP contribution is 2.22. The molecule has 0 amide bonds. The van der Waals surface area contributed by atoms with E-state index in [2.05, 4.69) is 5.32 Å². The summed E-state index contributed by atoms with van der Waals surface area (Å²) in [6.45, 7) is 0. The van der Waals surface area contributed by atoms with Gasteiger partial charge in [-0.2, -0.15) is 0 Å². The van der Waals surface area contributed by atoms with Crippen molar-refractivity contribution in [3.63, 3.8) is 0 Å². The lowest BCUT2D eigenvalue weighted by molar-refractivity contribution is 0.629. The van der Waals surface area contributed by atoms with Crippen LogP contribution in [0, 0.1) is 5.82 Å². The van der Waals surface area contributed by atoms with Gasteiger partial charge in [-0.25, -0.2) is 4.39 Å². The van der Waals surface area contributed by atoms with Gasteiger partial charge in [0.05, 0.1) is 0 Å². The van der Waals surface area contributed by atoms with Crippen molar-refractivity contribution in [2.24, 2.45) is 0 Å². The fourth-order valence-corrected chi connectivity index (χ4v) is 1.61. The third kappa shape index (κ3) is 2.64. The van der Waals surface area contributed by atoms with Crippen molar-refractivity contribution in [3.05, 3.63) is 53.3 Å². The molecule has 0 heterocycles. The number of anilines is 3. The predicted molar refractivity (Wildman–Crippen MR) is 65.5 cm³/mol. The van der Waals surface area contributed by atoms with Crippen LogP contribution < -0.4 is 11.1 Å². The van der Waals surface area contributed by atoms with Crippen molar-refractivity contribution >= 4 is 28.7 Å². The van der Waals surface area contributed by atoms with Gasteiger partial charge in [-0.05, 0) is 36.4 Å². The Labute approximate surface area is 97.8 Å². The molecule has 0 atom stereocenters. The van der Waals surface area contributed by atoms with Crippen molar-refractivity contribution in [2.45, 2.75) is 0 Å². The molecule has 2 aromatic rings. The Hall–Kier alpha value is -1.74. The molecule has 0 fully saturated rings. The molecule has 2 rings (SSSR count). The van der Waals surface area contributed by atoms with Crippen molar-refractivity contribution in [1.29, 1.82) is 0 Å². The Morgan fingerprint density at radius 1 is 1.06 bits per heavy atom. The molecule has 0 saturated heterocycles. The highest BCUT2D eigenvalue weighted by molar-refractivity contribution is 6.30. The van der Waals surface area contributed by atoms with Crippen LogP contribution in [-0.2, 0) is 0 Å². The van der Waals surface area contributed by atoms with Crippen molar-refractivity contribution in [3.8, 4) is 0 Å². The van der Waals surface area contributed by atoms with Crippen LogP contribution in [0.25, 0.3) is 0 Å². The quantitative estimate of drug-likeness (QED) is 0.779. The fraction of sp³-hybridized carbons (Fsp3) is 0. The van der Waals surface area contributed by atoms with Gasteiger partial charge in [-0.3, -0.25) is 0 Å². The third-order valence-electron chi connectivity index (χ3n) is 2.03. The number of benzene rings is 2. The maximum atomic E-state index is 13.1. The summed E-state index contributed by atoms with van der Waals surface area (Å²) in [7, 11) is 0. The van der Waals surface area contributed by atoms with E-state index >= 15 is 0 Å². The Balaban J connectivity index is 2.27. The molecular weight excluding hydrogens is 227 g/mol. The number of rotatable bonds is 2. The SMILES string of the molecule is Nc1cc(F)cc(Nc2cccc(Cl)c2)c1. The zero-order valence-electron chi connectivity index (χ0n) is 8.37. The van der Waals surface area contributed by atoms with Gasteiger partial charge in [-0.1, -0.05) is 17.7 Å². The maximum absolute atomic E-state index is 13.1. The Bertz CT molecular complexity index is 494. The van der Waals surface area contributed by atoms with E-state index in [0.29, 0.717) is 16.4 Å². The highest BCUT2D eigenvalue weighted by atomic mass is 35.5. The van der Waals surface area contributed by atoms with Crippen LogP contribution in [0.4, 0.5) is 21.5 Å². The second-order valence-electron chi connectivity index (χ2n) is 3.41. The maximum Gasteiger partial charge on any atom is 0.127 e. The molecule has 0 bridgehead atoms. The summed E-state index contributed by atoms with van der Waals surface area (Å²) < 4.78 is 13.1. The molecule has 0 aliphatic heterocycles. The van der Waals surface area contributed by atoms with Crippen LogP contribution in [-0.4, -0.2) is 0 Å². The predicted octanol–water partition coefficient (Wildman–Crippen LogP) is 3.80. The van der Waals surface area contributed by atoms with E-state index in [0.717, 1.165) is 5.69 Å². The van der Waals surface area contributed by atoms with Gasteiger partial charge in [0, 0.05) is 22.1 Å². The zero-order chi connectivity index (χ0) is 11.5. The topological polar surface area (TPSA) is 38.0 Å². The molecule has 2 aromatic carbocycles. The summed E-state index contributed by atoms with van der Waals surface area (Å²) in [5.74, 6) is -0.371. The van der Waals surface area contributed by atoms with Crippen molar-refractivity contribution < 1.29 is 4.39 Å². The first-order valence-electron chi connectivity index (χ1n) is 4.72. The van der Waals surface area contributed by atoms with E-state index in [1.807, 2.05) is 12.1 Å². The van der Waals surface area contributed by atoms with E-state index in [1.165, 1.54) is 12.1 Å². The summed E-state index contributed by atoms with van der Waals surface area (Å²) in [6, 6.07) is 11.5. The van der Waals surface area contributed by atoms with Gasteiger partial charge in [0.2, 0.25) is 0 Å². The van der Waals surface area contributed by atoms with Crippen molar-refractivity contribution in [2.75, 3.05) is 11.1 Å². The molecule has 82 valence electrons. The molecule has 2 nitrogen and oxygen atoms in total. The Kier molecular flexibility index (Phi) is 2.97. The number of hydrogen-bond donors (Lipinski definition) is 2. The minimum Gasteiger partial charge on any atom is -0.399 e. The first-order valence-corrected chi connectivity index (χ1v) is 5.10. The minimum absolute atomic E-state index is 0.371. The summed E-state index contributed by atoms with van der Waals surface area (Å²) in [4.78, 5) is 0. The molecule has 3 N–H and O–H groups in total. The zero-order valence-corrected chi connectivity index (χ0v) is 9.13. The number of nitrogens with one attached hydrogen (secondary N) is 1. The molecule has 16 heavy (non-hydrogen) atoms. The standard InChI is InChI=1S/C12H10ClFN2/c13-8-2-1-3-11(4-8)16-12-6-9(14)5-10(15)7-12/h1-7,16H,15H2. The van der Waals surface area contributed by atoms with Crippen LogP contribution in [0.2, 0.25) is 5.02 Å². The smallest absolute Gasteiger partial charge is 0.127 e. The van der Waals surface area contributed by atoms with E-state index in [9.17, 15) is 4.39 Å².